The zero-order valence-electron chi connectivity index (χ0n) is 15.4. The van der Waals surface area contributed by atoms with Crippen LogP contribution in [0.1, 0.15) is 21.9 Å². The lowest BCUT2D eigenvalue weighted by molar-refractivity contribution is -0.117. The summed E-state index contributed by atoms with van der Waals surface area (Å²) in [7, 11) is 0. The Balaban J connectivity index is 2.01. The molecule has 2 atom stereocenters. The number of nitrogens with zero attached hydrogens (tertiary/aromatic N) is 2. The van der Waals surface area contributed by atoms with Crippen LogP contribution in [0.25, 0.3) is 11.1 Å². The lowest BCUT2D eigenvalue weighted by Gasteiger charge is -2.21. The molecule has 1 heterocycles. The fraction of sp³-hybridized carbons (Fsp3) is 0.286. The molecule has 3 rings (SSSR count). The van der Waals surface area contributed by atoms with Gasteiger partial charge in [-0.1, -0.05) is 35.9 Å². The smallest absolute Gasteiger partial charge is 0.150 e. The van der Waals surface area contributed by atoms with Crippen molar-refractivity contribution in [2.75, 3.05) is 19.7 Å². The zero-order valence-corrected chi connectivity index (χ0v) is 17.0. The molecule has 0 amide bonds. The number of carbonyl (C=O) groups excluding carboxylic acids is 1. The van der Waals surface area contributed by atoms with Crippen LogP contribution >= 0.6 is 23.4 Å². The number of aliphatic hydroxyl groups excluding tert-OH is 1. The summed E-state index contributed by atoms with van der Waals surface area (Å²) in [4.78, 5) is 16.6. The van der Waals surface area contributed by atoms with Crippen LogP contribution < -0.4 is 5.32 Å². The van der Waals surface area contributed by atoms with Crippen molar-refractivity contribution in [3.05, 3.63) is 58.9 Å². The highest BCUT2D eigenvalue weighted by molar-refractivity contribution is 8.12. The SMILES string of the molecule is N#Cc1ccc(-c2cccc(CC(=O)CNCCO)c2C2SC=NC2Cl)cc1F. The molecule has 0 radical (unpaired) electrons. The number of nitrogens with one attached hydrogen (secondary N) is 1. The molecule has 0 fully saturated rings. The number of nitriles is 1. The summed E-state index contributed by atoms with van der Waals surface area (Å²) in [6, 6.07) is 11.8. The van der Waals surface area contributed by atoms with E-state index in [4.69, 9.17) is 22.0 Å². The fourth-order valence-corrected chi connectivity index (χ4v) is 4.59. The number of rotatable bonds is 8. The van der Waals surface area contributed by atoms with Crippen molar-refractivity contribution in [1.82, 2.24) is 5.32 Å². The van der Waals surface area contributed by atoms with Gasteiger partial charge < -0.3 is 10.4 Å². The van der Waals surface area contributed by atoms with E-state index in [-0.39, 0.29) is 36.2 Å². The zero-order chi connectivity index (χ0) is 20.8. The van der Waals surface area contributed by atoms with Gasteiger partial charge in [0.15, 0.2) is 5.78 Å². The minimum atomic E-state index is -0.594. The molecule has 0 spiro atoms. The van der Waals surface area contributed by atoms with Crippen LogP contribution in [-0.2, 0) is 11.2 Å². The molecule has 8 heteroatoms. The molecule has 29 heavy (non-hydrogen) atoms. The van der Waals surface area contributed by atoms with Crippen LogP contribution in [0, 0.1) is 17.1 Å². The maximum absolute atomic E-state index is 14.2. The first-order chi connectivity index (χ1) is 14.0. The maximum atomic E-state index is 14.2. The van der Waals surface area contributed by atoms with Crippen LogP contribution in [0.5, 0.6) is 0 Å². The van der Waals surface area contributed by atoms with Gasteiger partial charge >= 0.3 is 0 Å². The number of aliphatic imine (C=N–C) groups is 1. The number of benzene rings is 2. The molecule has 0 aliphatic carbocycles. The first-order valence-corrected chi connectivity index (χ1v) is 10.4. The normalized spacial score (nSPS) is 18.0. The van der Waals surface area contributed by atoms with Gasteiger partial charge in [0.2, 0.25) is 0 Å². The van der Waals surface area contributed by atoms with E-state index in [2.05, 4.69) is 10.3 Å². The number of Topliss-reactive ketones (excluding diaryl/α,β-unsaturated/α-hetero) is 1. The van der Waals surface area contributed by atoms with Gasteiger partial charge in [0.1, 0.15) is 17.4 Å². The van der Waals surface area contributed by atoms with Crippen LogP contribution in [0.4, 0.5) is 4.39 Å². The second-order valence-corrected chi connectivity index (χ2v) is 7.92. The van der Waals surface area contributed by atoms with Crippen molar-refractivity contribution in [2.24, 2.45) is 4.99 Å². The first kappa shape index (κ1) is 21.5. The summed E-state index contributed by atoms with van der Waals surface area (Å²) in [5.74, 6) is -0.624. The third-order valence-corrected chi connectivity index (χ3v) is 6.08. The summed E-state index contributed by atoms with van der Waals surface area (Å²) in [6.45, 7) is 0.454. The van der Waals surface area contributed by atoms with Gasteiger partial charge in [-0.3, -0.25) is 9.79 Å². The minimum absolute atomic E-state index is 0.0228. The Hall–Kier alpha value is -2.24. The van der Waals surface area contributed by atoms with E-state index >= 15 is 0 Å². The van der Waals surface area contributed by atoms with Gasteiger partial charge in [0.05, 0.1) is 29.5 Å². The summed E-state index contributed by atoms with van der Waals surface area (Å²) in [5, 5.41) is 20.5. The van der Waals surface area contributed by atoms with E-state index in [9.17, 15) is 9.18 Å². The Morgan fingerprint density at radius 3 is 2.86 bits per heavy atom. The standard InChI is InChI=1S/C21H19ClFN3O2S/c22-21-20(29-12-26-21)19-14(8-16(28)11-25-6-7-27)2-1-3-17(19)13-4-5-15(10-24)18(23)9-13/h1-5,9,12,20-21,25,27H,6-8,11H2. The third kappa shape index (κ3) is 5.03. The van der Waals surface area contributed by atoms with Crippen molar-refractivity contribution in [1.29, 1.82) is 5.26 Å². The van der Waals surface area contributed by atoms with Crippen molar-refractivity contribution in [3.63, 3.8) is 0 Å². The molecular formula is C21H19ClFN3O2S. The summed E-state index contributed by atoms with van der Waals surface area (Å²) < 4.78 is 14.2. The molecule has 1 aliphatic rings. The molecule has 1 aliphatic heterocycles. The largest absolute Gasteiger partial charge is 0.395 e. The number of carbonyl (C=O) groups is 1. The average molecular weight is 432 g/mol. The van der Waals surface area contributed by atoms with Crippen LogP contribution in [-0.4, -0.2) is 41.6 Å². The van der Waals surface area contributed by atoms with Crippen molar-refractivity contribution < 1.29 is 14.3 Å². The number of thioether (sulfide) groups is 1. The Bertz CT molecular complexity index is 977. The average Bonchev–Trinajstić information content (AvgIpc) is 3.13. The highest BCUT2D eigenvalue weighted by Gasteiger charge is 2.30. The Morgan fingerprint density at radius 1 is 1.38 bits per heavy atom. The lowest BCUT2D eigenvalue weighted by atomic mass is 9.90. The Labute approximate surface area is 177 Å². The van der Waals surface area contributed by atoms with Crippen LogP contribution in [0.15, 0.2) is 41.4 Å². The first-order valence-electron chi connectivity index (χ1n) is 9.01. The van der Waals surface area contributed by atoms with E-state index in [0.29, 0.717) is 12.1 Å². The minimum Gasteiger partial charge on any atom is -0.395 e. The number of halogens is 2. The summed E-state index contributed by atoms with van der Waals surface area (Å²) >= 11 is 7.86. The van der Waals surface area contributed by atoms with Gasteiger partial charge in [-0.2, -0.15) is 5.26 Å². The number of alkyl halides is 1. The van der Waals surface area contributed by atoms with E-state index in [1.54, 1.807) is 11.6 Å². The van der Waals surface area contributed by atoms with E-state index in [0.717, 1.165) is 16.7 Å². The molecule has 2 aromatic rings. The lowest BCUT2D eigenvalue weighted by Crippen LogP contribution is -2.27. The highest BCUT2D eigenvalue weighted by atomic mass is 35.5. The Kier molecular flexibility index (Phi) is 7.40. The molecule has 2 aromatic carbocycles. The highest BCUT2D eigenvalue weighted by Crippen LogP contribution is 2.45. The molecular weight excluding hydrogens is 413 g/mol. The number of aliphatic hydroxyl groups is 1. The van der Waals surface area contributed by atoms with Crippen molar-refractivity contribution in [3.8, 4) is 17.2 Å². The van der Waals surface area contributed by atoms with Crippen LogP contribution in [0.2, 0.25) is 0 Å². The van der Waals surface area contributed by atoms with E-state index < -0.39 is 11.3 Å². The van der Waals surface area contributed by atoms with Gasteiger partial charge in [-0.05, 0) is 34.4 Å². The molecule has 150 valence electrons. The van der Waals surface area contributed by atoms with Gasteiger partial charge in [0.25, 0.3) is 0 Å². The van der Waals surface area contributed by atoms with Crippen LogP contribution in [0.3, 0.4) is 0 Å². The second-order valence-electron chi connectivity index (χ2n) is 6.48. The topological polar surface area (TPSA) is 85.5 Å². The van der Waals surface area contributed by atoms with Gasteiger partial charge in [-0.25, -0.2) is 4.39 Å². The molecule has 2 N–H and O–H groups in total. The van der Waals surface area contributed by atoms with E-state index in [1.165, 1.54) is 23.9 Å². The summed E-state index contributed by atoms with van der Waals surface area (Å²) in [6.07, 6.45) is 0.182. The predicted molar refractivity (Wildman–Crippen MR) is 114 cm³/mol. The monoisotopic (exact) mass is 431 g/mol. The quantitative estimate of drug-likeness (QED) is 0.380. The predicted octanol–water partition coefficient (Wildman–Crippen LogP) is 3.44. The maximum Gasteiger partial charge on any atom is 0.150 e. The third-order valence-electron chi connectivity index (χ3n) is 4.54. The number of hydrogen-bond acceptors (Lipinski definition) is 6. The fourth-order valence-electron chi connectivity index (χ4n) is 3.22. The molecule has 5 nitrogen and oxygen atoms in total. The molecule has 2 unspecified atom stereocenters. The number of hydrogen-bond donors (Lipinski definition) is 2. The van der Waals surface area contributed by atoms with Gasteiger partial charge in [-0.15, -0.1) is 11.8 Å². The molecule has 0 aromatic heterocycles. The molecule has 0 bridgehead atoms. The molecule has 0 saturated carbocycles. The second kappa shape index (κ2) is 9.99. The Morgan fingerprint density at radius 2 is 2.21 bits per heavy atom. The van der Waals surface area contributed by atoms with E-state index in [1.807, 2.05) is 24.3 Å². The van der Waals surface area contributed by atoms with Crippen molar-refractivity contribution >= 4 is 34.7 Å². The van der Waals surface area contributed by atoms with Gasteiger partial charge in [0, 0.05) is 13.0 Å². The summed E-state index contributed by atoms with van der Waals surface area (Å²) in [5.41, 5.74) is 4.19. The van der Waals surface area contributed by atoms with Crippen molar-refractivity contribution in [2.45, 2.75) is 17.2 Å². The number of ketones is 1. The molecule has 0 saturated heterocycles.